The number of benzene rings is 1. The molecule has 0 heterocycles. The molecule has 4 heteroatoms. The van der Waals surface area contributed by atoms with E-state index in [1.54, 1.807) is 19.0 Å². The zero-order valence-corrected chi connectivity index (χ0v) is 10.8. The molecule has 4 nitrogen and oxygen atoms in total. The lowest BCUT2D eigenvalue weighted by Gasteiger charge is -2.22. The number of rotatable bonds is 5. The molecule has 0 saturated heterocycles. The fourth-order valence-electron chi connectivity index (χ4n) is 1.53. The topological polar surface area (TPSA) is 49.6 Å². The first-order valence-electron chi connectivity index (χ1n) is 5.80. The van der Waals surface area contributed by atoms with E-state index in [1.165, 1.54) is 0 Å². The van der Waals surface area contributed by atoms with Gasteiger partial charge in [0.1, 0.15) is 0 Å². The highest BCUT2D eigenvalue weighted by molar-refractivity contribution is 5.77. The molecule has 0 aliphatic carbocycles. The van der Waals surface area contributed by atoms with E-state index in [4.69, 9.17) is 5.73 Å². The summed E-state index contributed by atoms with van der Waals surface area (Å²) in [6.07, 6.45) is 0. The van der Waals surface area contributed by atoms with E-state index < -0.39 is 0 Å². The number of amides is 1. The zero-order chi connectivity index (χ0) is 12.8. The summed E-state index contributed by atoms with van der Waals surface area (Å²) in [5, 5.41) is 0. The maximum atomic E-state index is 11.6. The Labute approximate surface area is 103 Å². The second kappa shape index (κ2) is 6.25. The molecule has 0 fully saturated rings. The van der Waals surface area contributed by atoms with Gasteiger partial charge in [-0.05, 0) is 18.2 Å². The van der Waals surface area contributed by atoms with Crippen molar-refractivity contribution < 1.29 is 4.79 Å². The Morgan fingerprint density at radius 2 is 1.94 bits per heavy atom. The summed E-state index contributed by atoms with van der Waals surface area (Å²) in [5.41, 5.74) is 7.74. The second-order valence-electron chi connectivity index (χ2n) is 4.29. The lowest BCUT2D eigenvalue weighted by Crippen LogP contribution is -2.36. The molecule has 0 bridgehead atoms. The normalized spacial score (nSPS) is 10.6. The Balaban J connectivity index is 2.64. The number of likely N-dealkylation sites (N-methyl/N-ethyl adjacent to an activating group) is 2. The molecular weight excluding hydrogens is 214 g/mol. The summed E-state index contributed by atoms with van der Waals surface area (Å²) >= 11 is 0. The molecule has 0 unspecified atom stereocenters. The Hall–Kier alpha value is -1.55. The number of nitrogens with two attached hydrogens (primary N) is 1. The van der Waals surface area contributed by atoms with Crippen molar-refractivity contribution in [2.24, 2.45) is 0 Å². The van der Waals surface area contributed by atoms with Crippen LogP contribution in [-0.4, -0.2) is 42.9 Å². The van der Waals surface area contributed by atoms with E-state index in [-0.39, 0.29) is 5.91 Å². The van der Waals surface area contributed by atoms with Gasteiger partial charge in [-0.1, -0.05) is 25.1 Å². The molecule has 0 saturated carbocycles. The standard InChI is InChI=1S/C13H21N3O/c1-4-16(10-13(17)15(2)3)9-11-7-5-6-8-12(11)14/h5-8H,4,9-10,14H2,1-3H3. The van der Waals surface area contributed by atoms with E-state index in [2.05, 4.69) is 4.90 Å². The Morgan fingerprint density at radius 1 is 1.29 bits per heavy atom. The highest BCUT2D eigenvalue weighted by atomic mass is 16.2. The first-order valence-corrected chi connectivity index (χ1v) is 5.80. The average molecular weight is 235 g/mol. The van der Waals surface area contributed by atoms with Gasteiger partial charge in [0.15, 0.2) is 0 Å². The average Bonchev–Trinajstić information content (AvgIpc) is 2.30. The molecule has 1 amide bonds. The van der Waals surface area contributed by atoms with Crippen LogP contribution in [-0.2, 0) is 11.3 Å². The van der Waals surface area contributed by atoms with Gasteiger partial charge in [-0.3, -0.25) is 9.69 Å². The van der Waals surface area contributed by atoms with Crippen LogP contribution in [0.3, 0.4) is 0 Å². The van der Waals surface area contributed by atoms with Crippen molar-refractivity contribution in [3.05, 3.63) is 29.8 Å². The Kier molecular flexibility index (Phi) is 4.97. The van der Waals surface area contributed by atoms with Gasteiger partial charge < -0.3 is 10.6 Å². The lowest BCUT2D eigenvalue weighted by molar-refractivity contribution is -0.130. The van der Waals surface area contributed by atoms with Crippen molar-refractivity contribution in [1.29, 1.82) is 0 Å². The van der Waals surface area contributed by atoms with Gasteiger partial charge in [0.2, 0.25) is 5.91 Å². The second-order valence-corrected chi connectivity index (χ2v) is 4.29. The molecule has 0 radical (unpaired) electrons. The van der Waals surface area contributed by atoms with Crippen LogP contribution in [0.25, 0.3) is 0 Å². The smallest absolute Gasteiger partial charge is 0.236 e. The maximum absolute atomic E-state index is 11.6. The summed E-state index contributed by atoms with van der Waals surface area (Å²) in [6.45, 7) is 4.01. The van der Waals surface area contributed by atoms with Crippen molar-refractivity contribution in [2.75, 3.05) is 32.9 Å². The summed E-state index contributed by atoms with van der Waals surface area (Å²) in [4.78, 5) is 15.3. The Bertz CT molecular complexity index is 377. The highest BCUT2D eigenvalue weighted by Crippen LogP contribution is 2.13. The van der Waals surface area contributed by atoms with Gasteiger partial charge in [0.05, 0.1) is 6.54 Å². The largest absolute Gasteiger partial charge is 0.398 e. The molecule has 17 heavy (non-hydrogen) atoms. The molecule has 0 aliphatic rings. The van der Waals surface area contributed by atoms with Gasteiger partial charge in [0, 0.05) is 26.3 Å². The van der Waals surface area contributed by atoms with E-state index in [9.17, 15) is 4.79 Å². The van der Waals surface area contributed by atoms with Gasteiger partial charge in [0.25, 0.3) is 0 Å². The zero-order valence-electron chi connectivity index (χ0n) is 10.8. The van der Waals surface area contributed by atoms with Crippen molar-refractivity contribution in [2.45, 2.75) is 13.5 Å². The third-order valence-corrected chi connectivity index (χ3v) is 2.75. The van der Waals surface area contributed by atoms with Crippen molar-refractivity contribution >= 4 is 11.6 Å². The highest BCUT2D eigenvalue weighted by Gasteiger charge is 2.11. The minimum Gasteiger partial charge on any atom is -0.398 e. The van der Waals surface area contributed by atoms with Crippen LogP contribution in [0.4, 0.5) is 5.69 Å². The molecule has 2 N–H and O–H groups in total. The molecule has 0 atom stereocenters. The number of anilines is 1. The van der Waals surface area contributed by atoms with Crippen LogP contribution in [0.15, 0.2) is 24.3 Å². The molecule has 0 aliphatic heterocycles. The molecule has 0 aromatic heterocycles. The van der Waals surface area contributed by atoms with Gasteiger partial charge in [-0.25, -0.2) is 0 Å². The number of nitrogen functional groups attached to an aromatic ring is 1. The SMILES string of the molecule is CCN(CC(=O)N(C)C)Cc1ccccc1N. The predicted molar refractivity (Wildman–Crippen MR) is 70.5 cm³/mol. The number of carbonyl (C=O) groups is 1. The predicted octanol–water partition coefficient (Wildman–Crippen LogP) is 1.18. The molecule has 1 rings (SSSR count). The molecule has 1 aromatic carbocycles. The van der Waals surface area contributed by atoms with Crippen LogP contribution in [0, 0.1) is 0 Å². The van der Waals surface area contributed by atoms with Gasteiger partial charge in [-0.15, -0.1) is 0 Å². The molecule has 0 spiro atoms. The van der Waals surface area contributed by atoms with E-state index >= 15 is 0 Å². The summed E-state index contributed by atoms with van der Waals surface area (Å²) in [6, 6.07) is 7.77. The van der Waals surface area contributed by atoms with Crippen LogP contribution in [0.1, 0.15) is 12.5 Å². The van der Waals surface area contributed by atoms with E-state index in [0.717, 1.165) is 17.8 Å². The fourth-order valence-corrected chi connectivity index (χ4v) is 1.53. The van der Waals surface area contributed by atoms with Crippen molar-refractivity contribution in [3.63, 3.8) is 0 Å². The maximum Gasteiger partial charge on any atom is 0.236 e. The number of hydrogen-bond donors (Lipinski definition) is 1. The van der Waals surface area contributed by atoms with Crippen molar-refractivity contribution in [3.8, 4) is 0 Å². The quantitative estimate of drug-likeness (QED) is 0.780. The number of carbonyl (C=O) groups excluding carboxylic acids is 1. The molecule has 94 valence electrons. The third-order valence-electron chi connectivity index (χ3n) is 2.75. The molecule has 1 aromatic rings. The summed E-state index contributed by atoms with van der Waals surface area (Å²) in [5.74, 6) is 0.112. The summed E-state index contributed by atoms with van der Waals surface area (Å²) in [7, 11) is 3.54. The first kappa shape index (κ1) is 13.5. The lowest BCUT2D eigenvalue weighted by atomic mass is 10.1. The third kappa shape index (κ3) is 4.07. The van der Waals surface area contributed by atoms with Crippen LogP contribution >= 0.6 is 0 Å². The van der Waals surface area contributed by atoms with Crippen LogP contribution in [0.5, 0.6) is 0 Å². The van der Waals surface area contributed by atoms with Gasteiger partial charge in [-0.2, -0.15) is 0 Å². The van der Waals surface area contributed by atoms with E-state index in [0.29, 0.717) is 13.1 Å². The van der Waals surface area contributed by atoms with Crippen LogP contribution < -0.4 is 5.73 Å². The minimum absolute atomic E-state index is 0.112. The number of nitrogens with zero attached hydrogens (tertiary/aromatic N) is 2. The number of hydrogen-bond acceptors (Lipinski definition) is 3. The van der Waals surface area contributed by atoms with Gasteiger partial charge >= 0.3 is 0 Å². The number of para-hydroxylation sites is 1. The van der Waals surface area contributed by atoms with E-state index in [1.807, 2.05) is 31.2 Å². The molecular formula is C13H21N3O. The monoisotopic (exact) mass is 235 g/mol. The fraction of sp³-hybridized carbons (Fsp3) is 0.462. The first-order chi connectivity index (χ1) is 8.04. The minimum atomic E-state index is 0.112. The summed E-state index contributed by atoms with van der Waals surface area (Å²) < 4.78 is 0. The van der Waals surface area contributed by atoms with Crippen molar-refractivity contribution in [1.82, 2.24) is 9.80 Å². The van der Waals surface area contributed by atoms with Crippen LogP contribution in [0.2, 0.25) is 0 Å². The Morgan fingerprint density at radius 3 is 2.47 bits per heavy atom.